The van der Waals surface area contributed by atoms with Gasteiger partial charge in [0.15, 0.2) is 0 Å². The monoisotopic (exact) mass is 368 g/mol. The van der Waals surface area contributed by atoms with Gasteiger partial charge in [-0.05, 0) is 67.1 Å². The average Bonchev–Trinajstić information content (AvgIpc) is 2.65. The maximum absolute atomic E-state index is 12.5. The van der Waals surface area contributed by atoms with Gasteiger partial charge in [-0.2, -0.15) is 0 Å². The van der Waals surface area contributed by atoms with Crippen LogP contribution < -0.4 is 14.8 Å². The molecule has 0 saturated heterocycles. The Balaban J connectivity index is 1.73. The molecule has 0 fully saturated rings. The van der Waals surface area contributed by atoms with Crippen LogP contribution in [-0.4, -0.2) is 15.5 Å². The number of rotatable bonds is 6. The first-order valence-corrected chi connectivity index (χ1v) is 9.56. The van der Waals surface area contributed by atoms with E-state index in [9.17, 15) is 8.42 Å². The SMILES string of the molecule is COc1ccc(S(=O)(=O)Nc2ccc(Nc3ccccc3C)cc2)cc1. The molecule has 0 saturated carbocycles. The molecule has 3 aromatic rings. The van der Waals surface area contributed by atoms with E-state index in [0.717, 1.165) is 16.9 Å². The number of nitrogens with one attached hydrogen (secondary N) is 2. The highest BCUT2D eigenvalue weighted by Gasteiger charge is 2.14. The van der Waals surface area contributed by atoms with Crippen molar-refractivity contribution >= 4 is 27.1 Å². The van der Waals surface area contributed by atoms with Gasteiger partial charge in [-0.3, -0.25) is 4.72 Å². The van der Waals surface area contributed by atoms with Crippen LogP contribution in [0.5, 0.6) is 5.75 Å². The van der Waals surface area contributed by atoms with Crippen LogP contribution in [0.1, 0.15) is 5.56 Å². The predicted octanol–water partition coefficient (Wildman–Crippen LogP) is 4.55. The Morgan fingerprint density at radius 2 is 1.42 bits per heavy atom. The third-order valence-electron chi connectivity index (χ3n) is 3.93. The maximum atomic E-state index is 12.5. The Morgan fingerprint density at radius 3 is 2.04 bits per heavy atom. The molecule has 0 amide bonds. The second-order valence-corrected chi connectivity index (χ2v) is 7.48. The number of hydrogen-bond acceptors (Lipinski definition) is 4. The molecule has 3 rings (SSSR count). The lowest BCUT2D eigenvalue weighted by atomic mass is 10.2. The summed E-state index contributed by atoms with van der Waals surface area (Å²) in [5, 5.41) is 3.32. The maximum Gasteiger partial charge on any atom is 0.261 e. The summed E-state index contributed by atoms with van der Waals surface area (Å²) in [6.45, 7) is 2.03. The Bertz CT molecular complexity index is 982. The van der Waals surface area contributed by atoms with Gasteiger partial charge >= 0.3 is 0 Å². The average molecular weight is 368 g/mol. The van der Waals surface area contributed by atoms with Crippen LogP contribution in [0.3, 0.4) is 0 Å². The summed E-state index contributed by atoms with van der Waals surface area (Å²) in [6.07, 6.45) is 0. The molecular formula is C20H20N2O3S. The summed E-state index contributed by atoms with van der Waals surface area (Å²) < 4.78 is 32.5. The van der Waals surface area contributed by atoms with Crippen LogP contribution in [0.15, 0.2) is 77.7 Å². The molecule has 3 aromatic carbocycles. The Hall–Kier alpha value is -2.99. The number of aryl methyl sites for hydroxylation is 1. The van der Waals surface area contributed by atoms with E-state index in [-0.39, 0.29) is 4.90 Å². The topological polar surface area (TPSA) is 67.4 Å². The minimum absolute atomic E-state index is 0.181. The van der Waals surface area contributed by atoms with E-state index in [4.69, 9.17) is 4.74 Å². The minimum Gasteiger partial charge on any atom is -0.497 e. The van der Waals surface area contributed by atoms with Crippen molar-refractivity contribution < 1.29 is 13.2 Å². The predicted molar refractivity (Wildman–Crippen MR) is 105 cm³/mol. The zero-order valence-electron chi connectivity index (χ0n) is 14.6. The molecule has 0 spiro atoms. The van der Waals surface area contributed by atoms with Crippen molar-refractivity contribution in [2.75, 3.05) is 17.1 Å². The molecule has 6 heteroatoms. The summed E-state index contributed by atoms with van der Waals surface area (Å²) in [6, 6.07) is 21.3. The molecule has 0 unspecified atom stereocenters. The molecule has 0 bridgehead atoms. The third-order valence-corrected chi connectivity index (χ3v) is 5.33. The molecule has 0 heterocycles. The summed E-state index contributed by atoms with van der Waals surface area (Å²) >= 11 is 0. The summed E-state index contributed by atoms with van der Waals surface area (Å²) in [5.41, 5.74) is 3.53. The Labute approximate surface area is 153 Å². The normalized spacial score (nSPS) is 11.0. The first kappa shape index (κ1) is 17.8. The standard InChI is InChI=1S/C20H20N2O3S/c1-15-5-3-4-6-20(15)21-16-7-9-17(10-8-16)22-26(23,24)19-13-11-18(25-2)12-14-19/h3-14,21-22H,1-2H3. The van der Waals surface area contributed by atoms with E-state index in [0.29, 0.717) is 11.4 Å². The van der Waals surface area contributed by atoms with Gasteiger partial charge in [0.25, 0.3) is 10.0 Å². The van der Waals surface area contributed by atoms with Crippen LogP contribution in [0, 0.1) is 6.92 Å². The van der Waals surface area contributed by atoms with Crippen molar-refractivity contribution in [3.8, 4) is 5.75 Å². The molecule has 2 N–H and O–H groups in total. The zero-order chi connectivity index (χ0) is 18.6. The van der Waals surface area contributed by atoms with Crippen molar-refractivity contribution in [3.63, 3.8) is 0 Å². The number of anilines is 3. The van der Waals surface area contributed by atoms with E-state index < -0.39 is 10.0 Å². The number of benzene rings is 3. The third kappa shape index (κ3) is 4.15. The highest BCUT2D eigenvalue weighted by Crippen LogP contribution is 2.23. The number of para-hydroxylation sites is 1. The molecule has 134 valence electrons. The van der Waals surface area contributed by atoms with Crippen LogP contribution in [0.2, 0.25) is 0 Å². The molecule has 0 aliphatic carbocycles. The number of hydrogen-bond donors (Lipinski definition) is 2. The number of methoxy groups -OCH3 is 1. The number of sulfonamides is 1. The first-order valence-electron chi connectivity index (χ1n) is 8.07. The lowest BCUT2D eigenvalue weighted by molar-refractivity contribution is 0.414. The smallest absolute Gasteiger partial charge is 0.261 e. The fraction of sp³-hybridized carbons (Fsp3) is 0.100. The lowest BCUT2D eigenvalue weighted by Crippen LogP contribution is -2.12. The van der Waals surface area contributed by atoms with E-state index in [1.54, 1.807) is 24.3 Å². The highest BCUT2D eigenvalue weighted by molar-refractivity contribution is 7.92. The molecule has 0 radical (unpaired) electrons. The van der Waals surface area contributed by atoms with Crippen LogP contribution >= 0.6 is 0 Å². The molecular weight excluding hydrogens is 348 g/mol. The van der Waals surface area contributed by atoms with E-state index >= 15 is 0 Å². The minimum atomic E-state index is -3.64. The second kappa shape index (κ2) is 7.49. The van der Waals surface area contributed by atoms with Gasteiger partial charge < -0.3 is 10.1 Å². The first-order chi connectivity index (χ1) is 12.5. The van der Waals surface area contributed by atoms with E-state index in [2.05, 4.69) is 10.0 Å². The van der Waals surface area contributed by atoms with Crippen molar-refractivity contribution in [1.29, 1.82) is 0 Å². The molecule has 26 heavy (non-hydrogen) atoms. The van der Waals surface area contributed by atoms with Gasteiger partial charge in [-0.25, -0.2) is 8.42 Å². The van der Waals surface area contributed by atoms with Crippen molar-refractivity contribution in [1.82, 2.24) is 0 Å². The van der Waals surface area contributed by atoms with Crippen LogP contribution in [-0.2, 0) is 10.0 Å². The van der Waals surface area contributed by atoms with E-state index in [1.165, 1.54) is 19.2 Å². The quantitative estimate of drug-likeness (QED) is 0.670. The largest absolute Gasteiger partial charge is 0.497 e. The molecule has 0 aromatic heterocycles. The van der Waals surface area contributed by atoms with Crippen LogP contribution in [0.4, 0.5) is 17.1 Å². The van der Waals surface area contributed by atoms with Gasteiger partial charge in [0, 0.05) is 17.1 Å². The number of ether oxygens (including phenoxy) is 1. The molecule has 0 atom stereocenters. The Morgan fingerprint density at radius 1 is 0.808 bits per heavy atom. The van der Waals surface area contributed by atoms with Crippen molar-refractivity contribution in [2.24, 2.45) is 0 Å². The summed E-state index contributed by atoms with van der Waals surface area (Å²) in [5.74, 6) is 0.607. The van der Waals surface area contributed by atoms with Crippen molar-refractivity contribution in [2.45, 2.75) is 11.8 Å². The summed E-state index contributed by atoms with van der Waals surface area (Å²) in [4.78, 5) is 0.181. The van der Waals surface area contributed by atoms with Gasteiger partial charge in [0.05, 0.1) is 12.0 Å². The fourth-order valence-corrected chi connectivity index (χ4v) is 3.52. The fourth-order valence-electron chi connectivity index (χ4n) is 2.46. The van der Waals surface area contributed by atoms with Gasteiger partial charge in [-0.15, -0.1) is 0 Å². The van der Waals surface area contributed by atoms with E-state index in [1.807, 2.05) is 43.3 Å². The van der Waals surface area contributed by atoms with Crippen molar-refractivity contribution in [3.05, 3.63) is 78.4 Å². The van der Waals surface area contributed by atoms with Gasteiger partial charge in [0.1, 0.15) is 5.75 Å². The highest BCUT2D eigenvalue weighted by atomic mass is 32.2. The molecule has 5 nitrogen and oxygen atoms in total. The molecule has 0 aliphatic rings. The lowest BCUT2D eigenvalue weighted by Gasteiger charge is -2.11. The summed E-state index contributed by atoms with van der Waals surface area (Å²) in [7, 11) is -2.11. The van der Waals surface area contributed by atoms with Crippen LogP contribution in [0.25, 0.3) is 0 Å². The van der Waals surface area contributed by atoms with Gasteiger partial charge in [0.2, 0.25) is 0 Å². The second-order valence-electron chi connectivity index (χ2n) is 5.80. The Kier molecular flexibility index (Phi) is 5.14. The zero-order valence-corrected chi connectivity index (χ0v) is 15.4. The molecule has 0 aliphatic heterocycles. The van der Waals surface area contributed by atoms with Gasteiger partial charge in [-0.1, -0.05) is 18.2 Å².